The van der Waals surface area contributed by atoms with Crippen LogP contribution in [0.5, 0.6) is 0 Å². The van der Waals surface area contributed by atoms with Gasteiger partial charge in [-0.25, -0.2) is 9.37 Å². The molecule has 0 aliphatic heterocycles. The van der Waals surface area contributed by atoms with Gasteiger partial charge in [0.05, 0.1) is 27.8 Å². The Balaban J connectivity index is 1.25. The number of aromatic nitrogens is 6. The van der Waals surface area contributed by atoms with E-state index in [1.54, 1.807) is 42.1 Å². The first kappa shape index (κ1) is 24.6. The molecule has 1 amide bonds. The van der Waals surface area contributed by atoms with Crippen LogP contribution in [-0.4, -0.2) is 36.0 Å². The number of nitrogens with zero attached hydrogens (tertiary/aromatic N) is 4. The van der Waals surface area contributed by atoms with Gasteiger partial charge in [0.25, 0.3) is 0 Å². The summed E-state index contributed by atoms with van der Waals surface area (Å²) in [6.07, 6.45) is 10.1. The number of hydrogen-bond acceptors (Lipinski definition) is 6. The average Bonchev–Trinajstić information content (AvgIpc) is 3.70. The summed E-state index contributed by atoms with van der Waals surface area (Å²) < 4.78 is 15.3. The highest BCUT2D eigenvalue weighted by atomic mass is 32.1. The maximum absolute atomic E-state index is 15.3. The molecule has 0 saturated heterocycles. The Morgan fingerprint density at radius 1 is 1.05 bits per heavy atom. The lowest BCUT2D eigenvalue weighted by Gasteiger charge is -2.20. The molecular weight excluding hydrogens is 525 g/mol. The summed E-state index contributed by atoms with van der Waals surface area (Å²) in [6, 6.07) is 10.9. The van der Waals surface area contributed by atoms with Crippen LogP contribution in [0.1, 0.15) is 37.0 Å². The number of carbonyl (C=O) groups excluding carboxylic acids is 1. The predicted octanol–water partition coefficient (Wildman–Crippen LogP) is 7.26. The van der Waals surface area contributed by atoms with Crippen molar-refractivity contribution in [1.29, 1.82) is 0 Å². The number of hydrogen-bond donors (Lipinski definition) is 3. The first-order valence-electron chi connectivity index (χ1n) is 13.4. The van der Waals surface area contributed by atoms with Crippen LogP contribution < -0.4 is 5.32 Å². The molecule has 1 aliphatic rings. The minimum Gasteiger partial charge on any atom is -0.336 e. The van der Waals surface area contributed by atoms with Crippen molar-refractivity contribution in [2.24, 2.45) is 5.92 Å². The van der Waals surface area contributed by atoms with E-state index in [0.717, 1.165) is 47.3 Å². The molecule has 8 nitrogen and oxygen atoms in total. The highest BCUT2D eigenvalue weighted by molar-refractivity contribution is 7.15. The molecule has 5 aromatic heterocycles. The van der Waals surface area contributed by atoms with Crippen molar-refractivity contribution in [1.82, 2.24) is 30.1 Å². The molecule has 0 unspecified atom stereocenters. The molecule has 1 aromatic carbocycles. The smallest absolute Gasteiger partial charge is 0.227 e. The number of pyridine rings is 2. The van der Waals surface area contributed by atoms with E-state index in [1.807, 2.05) is 6.07 Å². The third kappa shape index (κ3) is 4.44. The van der Waals surface area contributed by atoms with Crippen LogP contribution in [0, 0.1) is 18.7 Å². The monoisotopic (exact) mass is 551 g/mol. The Morgan fingerprint density at radius 3 is 2.75 bits per heavy atom. The van der Waals surface area contributed by atoms with Crippen molar-refractivity contribution in [3.63, 3.8) is 0 Å². The fraction of sp³-hybridized carbons (Fsp3) is 0.233. The van der Waals surface area contributed by atoms with Gasteiger partial charge in [0.1, 0.15) is 22.7 Å². The van der Waals surface area contributed by atoms with Gasteiger partial charge < -0.3 is 10.3 Å². The molecule has 3 N–H and O–H groups in total. The molecule has 0 radical (unpaired) electrons. The van der Waals surface area contributed by atoms with Crippen molar-refractivity contribution in [3.8, 4) is 33.2 Å². The number of nitrogens with one attached hydrogen (secondary N) is 3. The molecular formula is C30H26FN7OS. The van der Waals surface area contributed by atoms with Crippen molar-refractivity contribution < 1.29 is 9.18 Å². The van der Waals surface area contributed by atoms with Gasteiger partial charge in [-0.05, 0) is 50.1 Å². The van der Waals surface area contributed by atoms with E-state index in [0.29, 0.717) is 39.2 Å². The molecule has 7 rings (SSSR count). The summed E-state index contributed by atoms with van der Waals surface area (Å²) in [5, 5.41) is 11.1. The number of carbonyl (C=O) groups is 1. The quantitative estimate of drug-likeness (QED) is 0.209. The molecule has 200 valence electrons. The van der Waals surface area contributed by atoms with E-state index < -0.39 is 5.82 Å². The first-order chi connectivity index (χ1) is 19.5. The molecule has 40 heavy (non-hydrogen) atoms. The Bertz CT molecular complexity index is 1880. The minimum absolute atomic E-state index is 0.00292. The van der Waals surface area contributed by atoms with Crippen molar-refractivity contribution in [2.45, 2.75) is 39.0 Å². The number of imidazole rings is 1. The summed E-state index contributed by atoms with van der Waals surface area (Å²) in [5.74, 6) is 0.169. The summed E-state index contributed by atoms with van der Waals surface area (Å²) in [5.41, 5.74) is 5.03. The van der Waals surface area contributed by atoms with Crippen molar-refractivity contribution in [3.05, 3.63) is 65.7 Å². The predicted molar refractivity (Wildman–Crippen MR) is 155 cm³/mol. The molecule has 0 bridgehead atoms. The van der Waals surface area contributed by atoms with Gasteiger partial charge in [-0.3, -0.25) is 19.9 Å². The number of H-pyrrole nitrogens is 2. The van der Waals surface area contributed by atoms with E-state index in [4.69, 9.17) is 4.98 Å². The van der Waals surface area contributed by atoms with E-state index in [-0.39, 0.29) is 11.8 Å². The molecule has 10 heteroatoms. The number of aromatic amines is 2. The molecule has 1 aliphatic carbocycles. The van der Waals surface area contributed by atoms with E-state index in [2.05, 4.69) is 49.5 Å². The topological polar surface area (TPSA) is 112 Å². The second-order valence-corrected chi connectivity index (χ2v) is 11.6. The van der Waals surface area contributed by atoms with E-state index >= 15 is 4.39 Å². The summed E-state index contributed by atoms with van der Waals surface area (Å²) in [7, 11) is 0. The SMILES string of the molecule is Cc1ccc(-c2nccc3[nH]c(-c4n[nH]c5cc(F)c(-c6cncc(NC(=O)C7CCCCC7)c6)cc45)nc23)s1. The molecule has 5 heterocycles. The maximum atomic E-state index is 15.3. The minimum atomic E-state index is -0.413. The Kier molecular flexibility index (Phi) is 6.11. The van der Waals surface area contributed by atoms with Gasteiger partial charge in [0.15, 0.2) is 5.82 Å². The third-order valence-corrected chi connectivity index (χ3v) is 8.55. The zero-order valence-electron chi connectivity index (χ0n) is 21.8. The Morgan fingerprint density at radius 2 is 1.93 bits per heavy atom. The number of amides is 1. The van der Waals surface area contributed by atoms with Crippen LogP contribution in [0.15, 0.2) is 55.0 Å². The highest BCUT2D eigenvalue weighted by Crippen LogP contribution is 2.35. The number of fused-ring (bicyclic) bond motifs is 2. The number of anilines is 1. The van der Waals surface area contributed by atoms with Crippen LogP contribution in [0.3, 0.4) is 0 Å². The number of halogens is 1. The van der Waals surface area contributed by atoms with Crippen molar-refractivity contribution in [2.75, 3.05) is 5.32 Å². The standard InChI is InChI=1S/C30H26FN7OS/c1-16-7-8-25(40-16)28-27-23(9-10-33-28)35-29(36-27)26-21-12-20(22(31)13-24(21)37-38-26)18-11-19(15-32-14-18)34-30(39)17-5-3-2-4-6-17/h7-15,17H,2-6H2,1H3,(H,34,39)(H,35,36)(H,37,38). The molecule has 0 atom stereocenters. The van der Waals surface area contributed by atoms with Gasteiger partial charge in [0, 0.05) is 45.8 Å². The largest absolute Gasteiger partial charge is 0.336 e. The second-order valence-electron chi connectivity index (χ2n) is 10.3. The fourth-order valence-corrected chi connectivity index (χ4v) is 6.36. The van der Waals surface area contributed by atoms with Crippen LogP contribution in [-0.2, 0) is 4.79 Å². The third-order valence-electron chi connectivity index (χ3n) is 7.54. The molecule has 1 saturated carbocycles. The average molecular weight is 552 g/mol. The van der Waals surface area contributed by atoms with Gasteiger partial charge >= 0.3 is 0 Å². The lowest BCUT2D eigenvalue weighted by Crippen LogP contribution is -2.24. The van der Waals surface area contributed by atoms with Gasteiger partial charge in [-0.2, -0.15) is 5.10 Å². The van der Waals surface area contributed by atoms with Crippen LogP contribution in [0.2, 0.25) is 0 Å². The molecule has 0 spiro atoms. The van der Waals surface area contributed by atoms with Gasteiger partial charge in [0.2, 0.25) is 5.91 Å². The van der Waals surface area contributed by atoms with Crippen LogP contribution in [0.4, 0.5) is 10.1 Å². The van der Waals surface area contributed by atoms with E-state index in [9.17, 15) is 4.79 Å². The lowest BCUT2D eigenvalue weighted by atomic mass is 9.88. The second kappa shape index (κ2) is 9.95. The Labute approximate surface area is 233 Å². The Hall–Kier alpha value is -4.44. The first-order valence-corrected chi connectivity index (χ1v) is 14.2. The zero-order chi connectivity index (χ0) is 27.2. The number of rotatable bonds is 5. The number of benzene rings is 1. The summed E-state index contributed by atoms with van der Waals surface area (Å²) in [4.78, 5) is 32.1. The van der Waals surface area contributed by atoms with Gasteiger partial charge in [-0.1, -0.05) is 19.3 Å². The maximum Gasteiger partial charge on any atom is 0.227 e. The highest BCUT2D eigenvalue weighted by Gasteiger charge is 2.22. The zero-order valence-corrected chi connectivity index (χ0v) is 22.6. The van der Waals surface area contributed by atoms with Crippen LogP contribution in [0.25, 0.3) is 55.2 Å². The van der Waals surface area contributed by atoms with Crippen LogP contribution >= 0.6 is 11.3 Å². The van der Waals surface area contributed by atoms with Gasteiger partial charge in [-0.15, -0.1) is 11.3 Å². The number of thiophene rings is 1. The normalized spacial score (nSPS) is 14.2. The van der Waals surface area contributed by atoms with E-state index in [1.165, 1.54) is 17.4 Å². The molecule has 6 aromatic rings. The fourth-order valence-electron chi connectivity index (χ4n) is 5.49. The lowest BCUT2D eigenvalue weighted by molar-refractivity contribution is -0.120. The molecule has 1 fully saturated rings. The number of aryl methyl sites for hydroxylation is 1. The summed E-state index contributed by atoms with van der Waals surface area (Å²) >= 11 is 1.67. The van der Waals surface area contributed by atoms with Crippen molar-refractivity contribution >= 4 is 44.9 Å². The summed E-state index contributed by atoms with van der Waals surface area (Å²) in [6.45, 7) is 2.06.